The summed E-state index contributed by atoms with van der Waals surface area (Å²) in [5.41, 5.74) is -0.222. The Morgan fingerprint density at radius 2 is 1.89 bits per heavy atom. The molecule has 152 valence electrons. The molecule has 1 aliphatic heterocycles. The molecule has 1 unspecified atom stereocenters. The van der Waals surface area contributed by atoms with Gasteiger partial charge >= 0.3 is 0 Å². The molecule has 3 amide bonds. The summed E-state index contributed by atoms with van der Waals surface area (Å²) in [5, 5.41) is 15.5. The van der Waals surface area contributed by atoms with Gasteiger partial charge in [0.25, 0.3) is 11.6 Å². The van der Waals surface area contributed by atoms with Gasteiger partial charge in [0.05, 0.1) is 23.0 Å². The molecule has 0 aliphatic carbocycles. The van der Waals surface area contributed by atoms with Crippen LogP contribution in [0.4, 0.5) is 5.69 Å². The first-order valence-electron chi connectivity index (χ1n) is 8.40. The maximum absolute atomic E-state index is 12.3. The smallest absolute Gasteiger partial charge is 0.270 e. The largest absolute Gasteiger partial charge is 0.343 e. The van der Waals surface area contributed by atoms with Crippen molar-refractivity contribution in [1.82, 2.24) is 15.5 Å². The van der Waals surface area contributed by atoms with E-state index >= 15 is 0 Å². The van der Waals surface area contributed by atoms with E-state index in [1.807, 2.05) is 0 Å². The summed E-state index contributed by atoms with van der Waals surface area (Å²) in [7, 11) is -3.12. The molecule has 2 rings (SSSR count). The molecule has 0 saturated carbocycles. The third-order valence-corrected chi connectivity index (χ3v) is 5.74. The number of nitrogens with zero attached hydrogens (tertiary/aromatic N) is 2. The van der Waals surface area contributed by atoms with Gasteiger partial charge in [-0.1, -0.05) is 6.07 Å². The lowest BCUT2D eigenvalue weighted by molar-refractivity contribution is -0.384. The van der Waals surface area contributed by atoms with E-state index in [1.165, 1.54) is 30.0 Å². The second-order valence-electron chi connectivity index (χ2n) is 6.26. The van der Waals surface area contributed by atoms with Crippen LogP contribution in [0.1, 0.15) is 17.3 Å². The number of nitro groups is 1. The molecule has 1 atom stereocenters. The summed E-state index contributed by atoms with van der Waals surface area (Å²) in [5.74, 6) is -1.92. The van der Waals surface area contributed by atoms with E-state index in [-0.39, 0.29) is 35.8 Å². The van der Waals surface area contributed by atoms with Crippen molar-refractivity contribution >= 4 is 33.2 Å². The quantitative estimate of drug-likeness (QED) is 0.452. The average molecular weight is 412 g/mol. The van der Waals surface area contributed by atoms with Gasteiger partial charge in [-0.2, -0.15) is 0 Å². The van der Waals surface area contributed by atoms with Crippen molar-refractivity contribution in [2.24, 2.45) is 0 Å². The molecule has 28 heavy (non-hydrogen) atoms. The lowest BCUT2D eigenvalue weighted by Crippen LogP contribution is -2.52. The van der Waals surface area contributed by atoms with Gasteiger partial charge in [0, 0.05) is 30.8 Å². The van der Waals surface area contributed by atoms with E-state index in [0.29, 0.717) is 0 Å². The second kappa shape index (κ2) is 8.78. The van der Waals surface area contributed by atoms with Crippen molar-refractivity contribution in [2.45, 2.75) is 13.0 Å². The fourth-order valence-electron chi connectivity index (χ4n) is 2.58. The Kier molecular flexibility index (Phi) is 6.67. The number of carbonyl (C=O) groups excluding carboxylic acids is 3. The minimum Gasteiger partial charge on any atom is -0.343 e. The van der Waals surface area contributed by atoms with E-state index in [1.54, 1.807) is 0 Å². The molecular weight excluding hydrogens is 392 g/mol. The zero-order valence-electron chi connectivity index (χ0n) is 15.1. The number of carbonyl (C=O) groups is 3. The Morgan fingerprint density at radius 1 is 1.25 bits per heavy atom. The molecule has 1 aromatic carbocycles. The first kappa shape index (κ1) is 21.3. The van der Waals surface area contributed by atoms with E-state index in [2.05, 4.69) is 10.6 Å². The number of sulfone groups is 1. The molecule has 1 heterocycles. The minimum absolute atomic E-state index is 0.0284. The van der Waals surface area contributed by atoms with Gasteiger partial charge in [0.1, 0.15) is 6.04 Å². The number of hydrogen-bond acceptors (Lipinski definition) is 7. The van der Waals surface area contributed by atoms with Gasteiger partial charge in [-0.05, 0) is 13.0 Å². The van der Waals surface area contributed by atoms with Crippen molar-refractivity contribution in [3.63, 3.8) is 0 Å². The highest BCUT2D eigenvalue weighted by atomic mass is 32.2. The van der Waals surface area contributed by atoms with Gasteiger partial charge in [0.15, 0.2) is 9.84 Å². The first-order valence-corrected chi connectivity index (χ1v) is 10.2. The maximum atomic E-state index is 12.3. The molecule has 12 heteroatoms. The predicted octanol–water partition coefficient (Wildman–Crippen LogP) is -0.914. The third kappa shape index (κ3) is 5.74. The Hall–Kier alpha value is -3.02. The van der Waals surface area contributed by atoms with E-state index < -0.39 is 45.1 Å². The van der Waals surface area contributed by atoms with Crippen molar-refractivity contribution in [1.29, 1.82) is 0 Å². The number of non-ortho nitro benzene ring substituents is 1. The third-order valence-electron chi connectivity index (χ3n) is 4.13. The van der Waals surface area contributed by atoms with Crippen LogP contribution in [0.25, 0.3) is 0 Å². The zero-order valence-corrected chi connectivity index (χ0v) is 15.9. The van der Waals surface area contributed by atoms with Crippen LogP contribution >= 0.6 is 0 Å². The molecule has 0 radical (unpaired) electrons. The Bertz CT molecular complexity index is 886. The number of nitro benzene ring substituents is 1. The molecular formula is C16H20N4O7S. The highest BCUT2D eigenvalue weighted by Gasteiger charge is 2.28. The SMILES string of the molecule is CC(NC(=O)CNC(=O)c1cccc([N+](=O)[O-])c1)C(=O)N1CCS(=O)(=O)CC1. The van der Waals surface area contributed by atoms with Gasteiger partial charge in [-0.3, -0.25) is 24.5 Å². The highest BCUT2D eigenvalue weighted by Crippen LogP contribution is 2.12. The lowest BCUT2D eigenvalue weighted by Gasteiger charge is -2.29. The number of hydrogen-bond donors (Lipinski definition) is 2. The molecule has 2 N–H and O–H groups in total. The summed E-state index contributed by atoms with van der Waals surface area (Å²) in [6, 6.07) is 4.17. The molecule has 0 aromatic heterocycles. The van der Waals surface area contributed by atoms with Crippen LogP contribution in [0.5, 0.6) is 0 Å². The van der Waals surface area contributed by atoms with Crippen LogP contribution in [0.3, 0.4) is 0 Å². The second-order valence-corrected chi connectivity index (χ2v) is 8.56. The number of nitrogens with one attached hydrogen (secondary N) is 2. The van der Waals surface area contributed by atoms with Gasteiger partial charge < -0.3 is 15.5 Å². The van der Waals surface area contributed by atoms with Gasteiger partial charge in [-0.15, -0.1) is 0 Å². The maximum Gasteiger partial charge on any atom is 0.270 e. The standard InChI is InChI=1S/C16H20N4O7S/c1-11(16(23)19-5-7-28(26,27)8-6-19)18-14(21)10-17-15(22)12-3-2-4-13(9-12)20(24)25/h2-4,9,11H,5-8,10H2,1H3,(H,17,22)(H,18,21). The Morgan fingerprint density at radius 3 is 2.50 bits per heavy atom. The normalized spacial score (nSPS) is 16.7. The summed E-state index contributed by atoms with van der Waals surface area (Å²) in [6.45, 7) is 1.19. The van der Waals surface area contributed by atoms with Gasteiger partial charge in [-0.25, -0.2) is 8.42 Å². The van der Waals surface area contributed by atoms with Crippen molar-refractivity contribution in [3.05, 3.63) is 39.9 Å². The molecule has 0 spiro atoms. The van der Waals surface area contributed by atoms with Crippen LogP contribution in [-0.2, 0) is 19.4 Å². The fourth-order valence-corrected chi connectivity index (χ4v) is 3.79. The molecule has 1 saturated heterocycles. The Balaban J connectivity index is 1.83. The first-order chi connectivity index (χ1) is 13.1. The van der Waals surface area contributed by atoms with E-state index in [4.69, 9.17) is 0 Å². The summed E-state index contributed by atoms with van der Waals surface area (Å²) in [4.78, 5) is 47.7. The van der Waals surface area contributed by atoms with Crippen molar-refractivity contribution in [3.8, 4) is 0 Å². The van der Waals surface area contributed by atoms with Crippen LogP contribution < -0.4 is 10.6 Å². The summed E-state index contributed by atoms with van der Waals surface area (Å²) < 4.78 is 22.8. The van der Waals surface area contributed by atoms with E-state index in [0.717, 1.165) is 6.07 Å². The monoisotopic (exact) mass is 412 g/mol. The van der Waals surface area contributed by atoms with Crippen LogP contribution in [0, 0.1) is 10.1 Å². The van der Waals surface area contributed by atoms with Crippen molar-refractivity contribution in [2.75, 3.05) is 31.1 Å². The lowest BCUT2D eigenvalue weighted by atomic mass is 10.2. The van der Waals surface area contributed by atoms with E-state index in [9.17, 15) is 32.9 Å². The molecule has 0 bridgehead atoms. The predicted molar refractivity (Wildman–Crippen MR) is 98.3 cm³/mol. The van der Waals surface area contributed by atoms with Gasteiger partial charge in [0.2, 0.25) is 11.8 Å². The van der Waals surface area contributed by atoms with Crippen LogP contribution in [-0.4, -0.2) is 73.1 Å². The molecule has 1 fully saturated rings. The summed E-state index contributed by atoms with van der Waals surface area (Å²) in [6.07, 6.45) is 0. The zero-order chi connectivity index (χ0) is 20.9. The molecule has 11 nitrogen and oxygen atoms in total. The number of benzene rings is 1. The number of rotatable bonds is 6. The summed E-state index contributed by atoms with van der Waals surface area (Å²) >= 11 is 0. The number of amides is 3. The molecule has 1 aliphatic rings. The Labute approximate surface area is 161 Å². The average Bonchev–Trinajstić information content (AvgIpc) is 2.65. The van der Waals surface area contributed by atoms with Crippen molar-refractivity contribution < 1.29 is 27.7 Å². The van der Waals surface area contributed by atoms with Crippen LogP contribution in [0.15, 0.2) is 24.3 Å². The topological polar surface area (TPSA) is 156 Å². The highest BCUT2D eigenvalue weighted by molar-refractivity contribution is 7.91. The minimum atomic E-state index is -3.12. The van der Waals surface area contributed by atoms with Crippen LogP contribution in [0.2, 0.25) is 0 Å². The fraction of sp³-hybridized carbons (Fsp3) is 0.438. The molecule has 1 aromatic rings.